The molecule has 0 heterocycles. The Morgan fingerprint density at radius 2 is 1.81 bits per heavy atom. The molecule has 2 N–H and O–H groups in total. The molecular formula is C24H30O3. The molecule has 0 aliphatic heterocycles. The van der Waals surface area contributed by atoms with Crippen LogP contribution in [-0.2, 0) is 4.79 Å². The summed E-state index contributed by atoms with van der Waals surface area (Å²) < 4.78 is 0. The van der Waals surface area contributed by atoms with Gasteiger partial charge in [-0.2, -0.15) is 0 Å². The fourth-order valence-corrected chi connectivity index (χ4v) is 7.20. The van der Waals surface area contributed by atoms with Gasteiger partial charge in [-0.1, -0.05) is 30.2 Å². The van der Waals surface area contributed by atoms with E-state index in [4.69, 9.17) is 0 Å². The van der Waals surface area contributed by atoms with Crippen molar-refractivity contribution in [1.82, 2.24) is 0 Å². The molecule has 0 saturated heterocycles. The number of carbonyl (C=O) groups excluding carboxylic acids is 1. The number of carbonyl (C=O) groups is 1. The molecule has 144 valence electrons. The van der Waals surface area contributed by atoms with Gasteiger partial charge in [-0.15, -0.1) is 0 Å². The normalized spacial score (nSPS) is 41.1. The maximum atomic E-state index is 12.0. The van der Waals surface area contributed by atoms with Crippen molar-refractivity contribution in [2.24, 2.45) is 23.2 Å². The lowest BCUT2D eigenvalue weighted by atomic mass is 9.50. The van der Waals surface area contributed by atoms with Crippen LogP contribution in [0.1, 0.15) is 69.8 Å². The van der Waals surface area contributed by atoms with Crippen molar-refractivity contribution in [3.8, 4) is 5.75 Å². The number of aromatic hydroxyl groups is 1. The zero-order chi connectivity index (χ0) is 18.8. The van der Waals surface area contributed by atoms with Crippen molar-refractivity contribution in [3.05, 3.63) is 41.0 Å². The second kappa shape index (κ2) is 6.20. The highest BCUT2D eigenvalue weighted by Crippen LogP contribution is 2.64. The molecule has 0 spiro atoms. The van der Waals surface area contributed by atoms with Gasteiger partial charge in [-0.3, -0.25) is 4.79 Å². The van der Waals surface area contributed by atoms with E-state index in [1.807, 2.05) is 0 Å². The summed E-state index contributed by atoms with van der Waals surface area (Å²) in [6.07, 6.45) is 7.43. The van der Waals surface area contributed by atoms with Gasteiger partial charge < -0.3 is 10.2 Å². The van der Waals surface area contributed by atoms with E-state index in [9.17, 15) is 15.0 Å². The predicted molar refractivity (Wildman–Crippen MR) is 104 cm³/mol. The number of hydrogen-bond acceptors (Lipinski definition) is 3. The van der Waals surface area contributed by atoms with E-state index in [-0.39, 0.29) is 11.5 Å². The van der Waals surface area contributed by atoms with Gasteiger partial charge in [0.15, 0.2) is 0 Å². The number of ketones is 1. The Labute approximate surface area is 161 Å². The van der Waals surface area contributed by atoms with Crippen LogP contribution in [0.4, 0.5) is 0 Å². The number of aliphatic hydroxyl groups is 1. The number of Topliss-reactive ketones (excluding diaryl/α,β-unsaturated/α-hetero) is 1. The number of fused-ring (bicyclic) bond motifs is 4. The largest absolute Gasteiger partial charge is 0.508 e. The van der Waals surface area contributed by atoms with Crippen LogP contribution < -0.4 is 0 Å². The summed E-state index contributed by atoms with van der Waals surface area (Å²) >= 11 is 0. The van der Waals surface area contributed by atoms with Crippen molar-refractivity contribution >= 4 is 5.78 Å². The van der Waals surface area contributed by atoms with Crippen LogP contribution in [0.25, 0.3) is 0 Å². The Bertz CT molecular complexity index is 792. The highest BCUT2D eigenvalue weighted by Gasteiger charge is 2.58. The first-order valence-corrected chi connectivity index (χ1v) is 10.7. The van der Waals surface area contributed by atoms with E-state index in [2.05, 4.69) is 19.1 Å². The van der Waals surface area contributed by atoms with Gasteiger partial charge in [0.25, 0.3) is 0 Å². The fraction of sp³-hybridized carbons (Fsp3) is 0.625. The molecule has 0 aromatic heterocycles. The average molecular weight is 367 g/mol. The van der Waals surface area contributed by atoms with Crippen molar-refractivity contribution in [1.29, 1.82) is 0 Å². The molecule has 2 fully saturated rings. The van der Waals surface area contributed by atoms with E-state index in [1.54, 1.807) is 17.7 Å². The summed E-state index contributed by atoms with van der Waals surface area (Å²) in [4.78, 5) is 12.0. The lowest BCUT2D eigenvalue weighted by Crippen LogP contribution is -2.48. The third-order valence-corrected chi connectivity index (χ3v) is 8.47. The molecule has 1 aromatic rings. The Hall–Kier alpha value is -1.61. The van der Waals surface area contributed by atoms with Crippen LogP contribution in [0.15, 0.2) is 35.4 Å². The standard InChI is InChI=1S/C24H30O3/c1-24-13-20(14-2-5-16(25)6-3-14)23-18-9-7-17(26)12-15(18)4-8-19(23)21(24)10-11-22(24)27/h2-3,5-6,19-23,25,27H,4,7-13H2,1H3/t19-,20+,21-,22-,23+,24-/m0/s1. The van der Waals surface area contributed by atoms with Gasteiger partial charge >= 0.3 is 0 Å². The zero-order valence-corrected chi connectivity index (χ0v) is 16.2. The summed E-state index contributed by atoms with van der Waals surface area (Å²) in [6.45, 7) is 2.31. The van der Waals surface area contributed by atoms with Gasteiger partial charge in [0, 0.05) is 12.8 Å². The maximum absolute atomic E-state index is 12.0. The molecule has 0 bridgehead atoms. The number of benzene rings is 1. The first-order valence-electron chi connectivity index (χ1n) is 10.7. The van der Waals surface area contributed by atoms with Crippen molar-refractivity contribution in [2.75, 3.05) is 0 Å². The molecule has 2 saturated carbocycles. The quantitative estimate of drug-likeness (QED) is 0.706. The molecule has 6 atom stereocenters. The third-order valence-electron chi connectivity index (χ3n) is 8.47. The van der Waals surface area contributed by atoms with E-state index in [1.165, 1.54) is 17.6 Å². The second-order valence-corrected chi connectivity index (χ2v) is 9.68. The van der Waals surface area contributed by atoms with E-state index in [0.717, 1.165) is 32.1 Å². The van der Waals surface area contributed by atoms with Crippen LogP contribution >= 0.6 is 0 Å². The number of aliphatic hydroxyl groups excluding tert-OH is 1. The van der Waals surface area contributed by atoms with E-state index >= 15 is 0 Å². The lowest BCUT2D eigenvalue weighted by Gasteiger charge is -2.55. The minimum Gasteiger partial charge on any atom is -0.508 e. The van der Waals surface area contributed by atoms with Crippen LogP contribution in [0, 0.1) is 23.2 Å². The Balaban J connectivity index is 1.61. The molecular weight excluding hydrogens is 336 g/mol. The Morgan fingerprint density at radius 1 is 1.04 bits per heavy atom. The highest BCUT2D eigenvalue weighted by molar-refractivity contribution is 5.82. The monoisotopic (exact) mass is 366 g/mol. The number of hydrogen-bond donors (Lipinski definition) is 2. The van der Waals surface area contributed by atoms with Crippen LogP contribution in [-0.4, -0.2) is 22.1 Å². The summed E-state index contributed by atoms with van der Waals surface area (Å²) in [5.41, 5.74) is 4.28. The summed E-state index contributed by atoms with van der Waals surface area (Å²) in [5.74, 6) is 2.82. The van der Waals surface area contributed by atoms with Gasteiger partial charge in [-0.25, -0.2) is 0 Å². The topological polar surface area (TPSA) is 57.5 Å². The van der Waals surface area contributed by atoms with Crippen molar-refractivity contribution in [2.45, 2.75) is 70.3 Å². The predicted octanol–water partition coefficient (Wildman–Crippen LogP) is 4.73. The van der Waals surface area contributed by atoms with Crippen LogP contribution in [0.5, 0.6) is 5.75 Å². The van der Waals surface area contributed by atoms with Gasteiger partial charge in [0.1, 0.15) is 11.5 Å². The van der Waals surface area contributed by atoms with E-state index in [0.29, 0.717) is 48.0 Å². The Kier molecular flexibility index (Phi) is 4.02. The smallest absolute Gasteiger partial charge is 0.137 e. The average Bonchev–Trinajstić information content (AvgIpc) is 2.96. The number of rotatable bonds is 1. The number of phenols is 1. The van der Waals surface area contributed by atoms with Crippen LogP contribution in [0.2, 0.25) is 0 Å². The fourth-order valence-electron chi connectivity index (χ4n) is 7.20. The molecule has 0 unspecified atom stereocenters. The number of phenolic OH excluding ortho intramolecular Hbond substituents is 1. The maximum Gasteiger partial charge on any atom is 0.137 e. The molecule has 3 heteroatoms. The van der Waals surface area contributed by atoms with Gasteiger partial charge in [0.05, 0.1) is 6.10 Å². The molecule has 0 radical (unpaired) electrons. The second-order valence-electron chi connectivity index (χ2n) is 9.68. The molecule has 5 rings (SSSR count). The van der Waals surface area contributed by atoms with Gasteiger partial charge in [-0.05, 0) is 85.3 Å². The molecule has 3 nitrogen and oxygen atoms in total. The summed E-state index contributed by atoms with van der Waals surface area (Å²) in [7, 11) is 0. The minimum absolute atomic E-state index is 0.00767. The first-order chi connectivity index (χ1) is 13.0. The molecule has 0 amide bonds. The molecule has 1 aromatic carbocycles. The molecule has 4 aliphatic carbocycles. The molecule has 27 heavy (non-hydrogen) atoms. The van der Waals surface area contributed by atoms with Gasteiger partial charge in [0.2, 0.25) is 0 Å². The summed E-state index contributed by atoms with van der Waals surface area (Å²) in [6, 6.07) is 7.74. The van der Waals surface area contributed by atoms with Crippen molar-refractivity contribution in [3.63, 3.8) is 0 Å². The highest BCUT2D eigenvalue weighted by atomic mass is 16.3. The third kappa shape index (κ3) is 2.61. The van der Waals surface area contributed by atoms with E-state index < -0.39 is 0 Å². The lowest BCUT2D eigenvalue weighted by molar-refractivity contribution is -0.119. The first kappa shape index (κ1) is 17.5. The Morgan fingerprint density at radius 3 is 2.59 bits per heavy atom. The molecule has 4 aliphatic rings. The minimum atomic E-state index is -0.202. The van der Waals surface area contributed by atoms with Crippen LogP contribution in [0.3, 0.4) is 0 Å². The SMILES string of the molecule is C[C@]12C[C@H](c3ccc(O)cc3)[C@@H]3C4=C(CC[C@H]3[C@@H]1CC[C@@H]2O)CC(=O)CC4. The van der Waals surface area contributed by atoms with Crippen molar-refractivity contribution < 1.29 is 15.0 Å². The number of allylic oxidation sites excluding steroid dienone is 2. The summed E-state index contributed by atoms with van der Waals surface area (Å²) in [5, 5.41) is 20.6. The zero-order valence-electron chi connectivity index (χ0n) is 16.2.